The average Bonchev–Trinajstić information content (AvgIpc) is 3.05. The van der Waals surface area contributed by atoms with Gasteiger partial charge in [-0.25, -0.2) is 8.42 Å². The fourth-order valence-electron chi connectivity index (χ4n) is 3.30. The molecule has 0 saturated carbocycles. The Kier molecular flexibility index (Phi) is 7.33. The lowest BCUT2D eigenvalue weighted by molar-refractivity contribution is -0.122. The maximum atomic E-state index is 12.8. The molecule has 1 fully saturated rings. The standard InChI is InChI=1S/C22H28N2O5S/c1-17(29-20-11-9-19(28-2)10-12-20)22(25)23-18-7-13-21(14-8-18)30(26,27)24-15-5-3-4-6-16-24/h7-14,17H,3-6,15-16H2,1-2H3,(H,23,25)/t17-/m0/s1. The van der Waals surface area contributed by atoms with Crippen LogP contribution in [0.2, 0.25) is 0 Å². The summed E-state index contributed by atoms with van der Waals surface area (Å²) < 4.78 is 38.0. The van der Waals surface area contributed by atoms with Crippen LogP contribution < -0.4 is 14.8 Å². The van der Waals surface area contributed by atoms with Gasteiger partial charge in [0.1, 0.15) is 11.5 Å². The second-order valence-corrected chi connectivity index (χ2v) is 9.21. The third-order valence-corrected chi connectivity index (χ3v) is 6.98. The predicted octanol–water partition coefficient (Wildman–Crippen LogP) is 3.67. The van der Waals surface area contributed by atoms with E-state index in [1.165, 1.54) is 12.1 Å². The van der Waals surface area contributed by atoms with Gasteiger partial charge in [-0.2, -0.15) is 4.31 Å². The average molecular weight is 433 g/mol. The smallest absolute Gasteiger partial charge is 0.265 e. The molecule has 30 heavy (non-hydrogen) atoms. The normalized spacial score (nSPS) is 16.3. The Hall–Kier alpha value is -2.58. The molecule has 0 bridgehead atoms. The van der Waals surface area contributed by atoms with Crippen molar-refractivity contribution in [2.45, 2.75) is 43.6 Å². The molecule has 0 aromatic heterocycles. The summed E-state index contributed by atoms with van der Waals surface area (Å²) in [6, 6.07) is 13.2. The first-order chi connectivity index (χ1) is 14.4. The van der Waals surface area contributed by atoms with Crippen LogP contribution in [-0.4, -0.2) is 44.9 Å². The first kappa shape index (κ1) is 22.1. The van der Waals surface area contributed by atoms with E-state index in [0.717, 1.165) is 25.7 Å². The molecular weight excluding hydrogens is 404 g/mol. The minimum atomic E-state index is -3.51. The molecule has 1 atom stereocenters. The molecule has 7 nitrogen and oxygen atoms in total. The molecule has 8 heteroatoms. The maximum Gasteiger partial charge on any atom is 0.265 e. The van der Waals surface area contributed by atoms with E-state index < -0.39 is 16.1 Å². The zero-order valence-corrected chi connectivity index (χ0v) is 18.2. The van der Waals surface area contributed by atoms with Crippen molar-refractivity contribution in [1.29, 1.82) is 0 Å². The molecule has 0 aliphatic carbocycles. The summed E-state index contributed by atoms with van der Waals surface area (Å²) in [5.74, 6) is 0.931. The summed E-state index contributed by atoms with van der Waals surface area (Å²) >= 11 is 0. The van der Waals surface area contributed by atoms with Crippen molar-refractivity contribution in [2.24, 2.45) is 0 Å². The van der Waals surface area contributed by atoms with Crippen LogP contribution in [0.4, 0.5) is 5.69 Å². The number of hydrogen-bond acceptors (Lipinski definition) is 5. The van der Waals surface area contributed by atoms with Crippen molar-refractivity contribution in [2.75, 3.05) is 25.5 Å². The number of carbonyl (C=O) groups excluding carboxylic acids is 1. The SMILES string of the molecule is COc1ccc(O[C@@H](C)C(=O)Nc2ccc(S(=O)(=O)N3CCCCCC3)cc2)cc1. The molecule has 1 amide bonds. The van der Waals surface area contributed by atoms with Gasteiger partial charge in [-0.1, -0.05) is 12.8 Å². The Morgan fingerprint density at radius 2 is 1.50 bits per heavy atom. The van der Waals surface area contributed by atoms with Gasteiger partial charge in [0, 0.05) is 18.8 Å². The highest BCUT2D eigenvalue weighted by Gasteiger charge is 2.25. The van der Waals surface area contributed by atoms with Gasteiger partial charge in [-0.05, 0) is 68.3 Å². The van der Waals surface area contributed by atoms with Gasteiger partial charge in [-0.3, -0.25) is 4.79 Å². The molecular formula is C22H28N2O5S. The molecule has 0 unspecified atom stereocenters. The van der Waals surface area contributed by atoms with E-state index in [4.69, 9.17) is 9.47 Å². The number of hydrogen-bond donors (Lipinski definition) is 1. The third-order valence-electron chi connectivity index (χ3n) is 5.07. The molecule has 1 N–H and O–H groups in total. The van der Waals surface area contributed by atoms with Crippen LogP contribution in [0, 0.1) is 0 Å². The lowest BCUT2D eigenvalue weighted by Gasteiger charge is -2.20. The number of carbonyl (C=O) groups is 1. The molecule has 0 radical (unpaired) electrons. The van der Waals surface area contributed by atoms with Crippen molar-refractivity contribution in [3.05, 3.63) is 48.5 Å². The Morgan fingerprint density at radius 1 is 0.933 bits per heavy atom. The van der Waals surface area contributed by atoms with E-state index in [1.807, 2.05) is 0 Å². The van der Waals surface area contributed by atoms with E-state index >= 15 is 0 Å². The number of amides is 1. The van der Waals surface area contributed by atoms with E-state index in [9.17, 15) is 13.2 Å². The largest absolute Gasteiger partial charge is 0.497 e. The molecule has 1 aliphatic heterocycles. The summed E-state index contributed by atoms with van der Waals surface area (Å²) in [7, 11) is -1.93. The highest BCUT2D eigenvalue weighted by molar-refractivity contribution is 7.89. The lowest BCUT2D eigenvalue weighted by atomic mass is 10.2. The van der Waals surface area contributed by atoms with Crippen molar-refractivity contribution in [3.8, 4) is 11.5 Å². The number of sulfonamides is 1. The fraction of sp³-hybridized carbons (Fsp3) is 0.409. The lowest BCUT2D eigenvalue weighted by Crippen LogP contribution is -2.32. The van der Waals surface area contributed by atoms with Gasteiger partial charge in [0.2, 0.25) is 10.0 Å². The molecule has 2 aromatic rings. The van der Waals surface area contributed by atoms with E-state index in [2.05, 4.69) is 5.32 Å². The van der Waals surface area contributed by atoms with Gasteiger partial charge in [0.25, 0.3) is 5.91 Å². The Balaban J connectivity index is 1.60. The topological polar surface area (TPSA) is 84.9 Å². The quantitative estimate of drug-likeness (QED) is 0.722. The number of methoxy groups -OCH3 is 1. The zero-order valence-electron chi connectivity index (χ0n) is 17.3. The molecule has 2 aromatic carbocycles. The number of nitrogens with one attached hydrogen (secondary N) is 1. The van der Waals surface area contributed by atoms with E-state index in [0.29, 0.717) is 30.3 Å². The minimum absolute atomic E-state index is 0.241. The van der Waals surface area contributed by atoms with E-state index in [1.54, 1.807) is 54.7 Å². The molecule has 0 spiro atoms. The highest BCUT2D eigenvalue weighted by Crippen LogP contribution is 2.22. The van der Waals surface area contributed by atoms with Crippen LogP contribution in [0.1, 0.15) is 32.6 Å². The molecule has 1 heterocycles. The van der Waals surface area contributed by atoms with Gasteiger partial charge in [0.15, 0.2) is 6.10 Å². The van der Waals surface area contributed by atoms with Crippen molar-refractivity contribution in [3.63, 3.8) is 0 Å². The summed E-state index contributed by atoms with van der Waals surface area (Å²) in [5, 5.41) is 2.76. The fourth-order valence-corrected chi connectivity index (χ4v) is 4.81. The monoisotopic (exact) mass is 432 g/mol. The first-order valence-corrected chi connectivity index (χ1v) is 11.6. The number of benzene rings is 2. The maximum absolute atomic E-state index is 12.8. The minimum Gasteiger partial charge on any atom is -0.497 e. The molecule has 162 valence electrons. The predicted molar refractivity (Wildman–Crippen MR) is 115 cm³/mol. The summed E-state index contributed by atoms with van der Waals surface area (Å²) in [6.45, 7) is 2.76. The van der Waals surface area contributed by atoms with Crippen LogP contribution in [0.15, 0.2) is 53.4 Å². The molecule has 1 aliphatic rings. The Morgan fingerprint density at radius 3 is 2.07 bits per heavy atom. The Labute approximate surface area is 178 Å². The summed E-state index contributed by atoms with van der Waals surface area (Å²) in [4.78, 5) is 12.7. The van der Waals surface area contributed by atoms with Gasteiger partial charge >= 0.3 is 0 Å². The van der Waals surface area contributed by atoms with E-state index in [-0.39, 0.29) is 10.8 Å². The van der Waals surface area contributed by atoms with Gasteiger partial charge in [0.05, 0.1) is 12.0 Å². The highest BCUT2D eigenvalue weighted by atomic mass is 32.2. The van der Waals surface area contributed by atoms with Crippen molar-refractivity contribution >= 4 is 21.6 Å². The number of anilines is 1. The Bertz CT molecular complexity index is 934. The first-order valence-electron chi connectivity index (χ1n) is 10.1. The van der Waals surface area contributed by atoms with Gasteiger partial charge < -0.3 is 14.8 Å². The van der Waals surface area contributed by atoms with Crippen LogP contribution >= 0.6 is 0 Å². The molecule has 1 saturated heterocycles. The number of rotatable bonds is 7. The summed E-state index contributed by atoms with van der Waals surface area (Å²) in [5.41, 5.74) is 0.514. The van der Waals surface area contributed by atoms with Crippen LogP contribution in [0.3, 0.4) is 0 Å². The second kappa shape index (κ2) is 9.95. The van der Waals surface area contributed by atoms with Crippen molar-refractivity contribution < 1.29 is 22.7 Å². The molecule has 3 rings (SSSR count). The van der Waals surface area contributed by atoms with Crippen LogP contribution in [0.25, 0.3) is 0 Å². The van der Waals surface area contributed by atoms with Crippen LogP contribution in [-0.2, 0) is 14.8 Å². The third kappa shape index (κ3) is 5.52. The zero-order chi connectivity index (χ0) is 21.6. The second-order valence-electron chi connectivity index (χ2n) is 7.27. The number of ether oxygens (including phenoxy) is 2. The van der Waals surface area contributed by atoms with Crippen LogP contribution in [0.5, 0.6) is 11.5 Å². The van der Waals surface area contributed by atoms with Gasteiger partial charge in [-0.15, -0.1) is 0 Å². The van der Waals surface area contributed by atoms with Crippen molar-refractivity contribution in [1.82, 2.24) is 4.31 Å². The number of nitrogens with zero attached hydrogens (tertiary/aromatic N) is 1. The summed E-state index contributed by atoms with van der Waals surface area (Å²) in [6.07, 6.45) is 3.18.